The molecule has 0 heterocycles. The summed E-state index contributed by atoms with van der Waals surface area (Å²) >= 11 is 0. The first-order valence-electron chi connectivity index (χ1n) is 7.73. The molecule has 21 heavy (non-hydrogen) atoms. The Morgan fingerprint density at radius 2 is 1.62 bits per heavy atom. The van der Waals surface area contributed by atoms with Gasteiger partial charge >= 0.3 is 0 Å². The van der Waals surface area contributed by atoms with Gasteiger partial charge in [-0.2, -0.15) is 0 Å². The van der Waals surface area contributed by atoms with Crippen LogP contribution in [0.25, 0.3) is 0 Å². The van der Waals surface area contributed by atoms with Crippen LogP contribution in [0.3, 0.4) is 0 Å². The van der Waals surface area contributed by atoms with Crippen molar-refractivity contribution < 1.29 is 9.47 Å². The molecule has 1 aromatic rings. The molecule has 1 atom stereocenters. The van der Waals surface area contributed by atoms with Gasteiger partial charge < -0.3 is 15.2 Å². The van der Waals surface area contributed by atoms with Gasteiger partial charge in [0.15, 0.2) is 11.5 Å². The number of methoxy groups -OCH3 is 2. The molecule has 0 aromatic heterocycles. The van der Waals surface area contributed by atoms with Crippen LogP contribution in [-0.4, -0.2) is 37.9 Å². The number of hydrogen-bond acceptors (Lipinski definition) is 4. The van der Waals surface area contributed by atoms with Gasteiger partial charge in [-0.15, -0.1) is 0 Å². The zero-order valence-corrected chi connectivity index (χ0v) is 14.1. The summed E-state index contributed by atoms with van der Waals surface area (Å²) in [5.74, 6) is 1.50. The predicted molar refractivity (Wildman–Crippen MR) is 88.0 cm³/mol. The molecular formula is C17H30N2O2. The van der Waals surface area contributed by atoms with E-state index in [4.69, 9.17) is 15.2 Å². The highest BCUT2D eigenvalue weighted by molar-refractivity contribution is 5.43. The molecule has 0 aliphatic heterocycles. The zero-order valence-electron chi connectivity index (χ0n) is 14.1. The van der Waals surface area contributed by atoms with E-state index in [0.717, 1.165) is 49.4 Å². The van der Waals surface area contributed by atoms with Crippen molar-refractivity contribution in [2.45, 2.75) is 45.7 Å². The van der Waals surface area contributed by atoms with Crippen molar-refractivity contribution >= 4 is 0 Å². The summed E-state index contributed by atoms with van der Waals surface area (Å²) in [5, 5.41) is 0. The van der Waals surface area contributed by atoms with Crippen LogP contribution >= 0.6 is 0 Å². The number of ether oxygens (including phenoxy) is 2. The highest BCUT2D eigenvalue weighted by atomic mass is 16.5. The second-order valence-corrected chi connectivity index (χ2v) is 5.71. The third-order valence-corrected chi connectivity index (χ3v) is 3.72. The molecule has 4 heteroatoms. The molecule has 0 amide bonds. The van der Waals surface area contributed by atoms with Crippen molar-refractivity contribution in [2.75, 3.05) is 27.3 Å². The lowest BCUT2D eigenvalue weighted by atomic mass is 9.99. The number of hydrogen-bond donors (Lipinski definition) is 1. The standard InChI is InChI=1S/C17H30N2O2/c1-6-10-19(11-7-2)17(3,18)13-14-8-9-15(20-4)16(12-14)21-5/h8-9,12H,6-7,10-11,13,18H2,1-5H3. The van der Waals surface area contributed by atoms with Crippen LogP contribution in [-0.2, 0) is 6.42 Å². The maximum Gasteiger partial charge on any atom is 0.160 e. The molecule has 0 spiro atoms. The molecule has 2 N–H and O–H groups in total. The quantitative estimate of drug-likeness (QED) is 0.711. The average Bonchev–Trinajstić information content (AvgIpc) is 2.46. The second kappa shape index (κ2) is 8.25. The summed E-state index contributed by atoms with van der Waals surface area (Å²) in [6, 6.07) is 6.01. The topological polar surface area (TPSA) is 47.7 Å². The monoisotopic (exact) mass is 294 g/mol. The number of rotatable bonds is 9. The van der Waals surface area contributed by atoms with Gasteiger partial charge in [0.25, 0.3) is 0 Å². The lowest BCUT2D eigenvalue weighted by Gasteiger charge is -2.38. The summed E-state index contributed by atoms with van der Waals surface area (Å²) in [7, 11) is 3.30. The van der Waals surface area contributed by atoms with E-state index in [9.17, 15) is 0 Å². The molecule has 120 valence electrons. The van der Waals surface area contributed by atoms with E-state index in [2.05, 4.69) is 31.7 Å². The van der Waals surface area contributed by atoms with Gasteiger partial charge in [0.1, 0.15) is 0 Å². The summed E-state index contributed by atoms with van der Waals surface area (Å²) in [4.78, 5) is 2.36. The third-order valence-electron chi connectivity index (χ3n) is 3.72. The highest BCUT2D eigenvalue weighted by Gasteiger charge is 2.26. The molecule has 0 fully saturated rings. The molecule has 0 aliphatic carbocycles. The Balaban J connectivity index is 2.91. The maximum absolute atomic E-state index is 6.58. The van der Waals surface area contributed by atoms with E-state index in [-0.39, 0.29) is 5.66 Å². The minimum atomic E-state index is -0.356. The van der Waals surface area contributed by atoms with Gasteiger partial charge in [-0.05, 0) is 50.6 Å². The van der Waals surface area contributed by atoms with E-state index >= 15 is 0 Å². The molecular weight excluding hydrogens is 264 g/mol. The van der Waals surface area contributed by atoms with E-state index in [1.54, 1.807) is 14.2 Å². The SMILES string of the molecule is CCCN(CCC)C(C)(N)Cc1ccc(OC)c(OC)c1. The summed E-state index contributed by atoms with van der Waals surface area (Å²) in [6.45, 7) is 8.53. The summed E-state index contributed by atoms with van der Waals surface area (Å²) in [5.41, 5.74) is 7.39. The van der Waals surface area contributed by atoms with E-state index in [1.807, 2.05) is 12.1 Å². The van der Waals surface area contributed by atoms with Gasteiger partial charge in [0, 0.05) is 6.42 Å². The van der Waals surface area contributed by atoms with Crippen LogP contribution in [0.15, 0.2) is 18.2 Å². The molecule has 1 rings (SSSR count). The van der Waals surface area contributed by atoms with Gasteiger partial charge in [-0.1, -0.05) is 19.9 Å². The van der Waals surface area contributed by atoms with E-state index in [0.29, 0.717) is 0 Å². The van der Waals surface area contributed by atoms with Crippen LogP contribution in [0.4, 0.5) is 0 Å². The van der Waals surface area contributed by atoms with Gasteiger partial charge in [0.05, 0.1) is 19.9 Å². The molecule has 0 saturated heterocycles. The Kier molecular flexibility index (Phi) is 6.99. The fourth-order valence-corrected chi connectivity index (χ4v) is 2.68. The van der Waals surface area contributed by atoms with Gasteiger partial charge in [0.2, 0.25) is 0 Å². The van der Waals surface area contributed by atoms with Crippen molar-refractivity contribution in [3.63, 3.8) is 0 Å². The van der Waals surface area contributed by atoms with Crippen LogP contribution in [0.5, 0.6) is 11.5 Å². The third kappa shape index (κ3) is 4.90. The largest absolute Gasteiger partial charge is 0.493 e. The van der Waals surface area contributed by atoms with Crippen molar-refractivity contribution in [2.24, 2.45) is 5.73 Å². The predicted octanol–water partition coefficient (Wildman–Crippen LogP) is 3.04. The minimum Gasteiger partial charge on any atom is -0.493 e. The normalized spacial score (nSPS) is 14.0. The second-order valence-electron chi connectivity index (χ2n) is 5.71. The Bertz CT molecular complexity index is 427. The summed E-state index contributed by atoms with van der Waals surface area (Å²) in [6.07, 6.45) is 3.00. The minimum absolute atomic E-state index is 0.356. The molecule has 1 unspecified atom stereocenters. The smallest absolute Gasteiger partial charge is 0.160 e. The average molecular weight is 294 g/mol. The van der Waals surface area contributed by atoms with Crippen molar-refractivity contribution in [1.82, 2.24) is 4.90 Å². The van der Waals surface area contributed by atoms with Gasteiger partial charge in [-0.25, -0.2) is 0 Å². The number of nitrogens with zero attached hydrogens (tertiary/aromatic N) is 1. The number of benzene rings is 1. The molecule has 0 bridgehead atoms. The highest BCUT2D eigenvalue weighted by Crippen LogP contribution is 2.29. The Hall–Kier alpha value is -1.26. The van der Waals surface area contributed by atoms with Crippen molar-refractivity contribution in [3.8, 4) is 11.5 Å². The van der Waals surface area contributed by atoms with E-state index < -0.39 is 0 Å². The fraction of sp³-hybridized carbons (Fsp3) is 0.647. The van der Waals surface area contributed by atoms with E-state index in [1.165, 1.54) is 0 Å². The Morgan fingerprint density at radius 3 is 2.10 bits per heavy atom. The van der Waals surface area contributed by atoms with Crippen LogP contribution < -0.4 is 15.2 Å². The first kappa shape index (κ1) is 17.8. The lowest BCUT2D eigenvalue weighted by molar-refractivity contribution is 0.108. The van der Waals surface area contributed by atoms with Gasteiger partial charge in [-0.3, -0.25) is 4.90 Å². The first-order valence-corrected chi connectivity index (χ1v) is 7.73. The van der Waals surface area contributed by atoms with Crippen molar-refractivity contribution in [3.05, 3.63) is 23.8 Å². The molecule has 0 aliphatic rings. The van der Waals surface area contributed by atoms with Crippen LogP contribution in [0.2, 0.25) is 0 Å². The Morgan fingerprint density at radius 1 is 1.05 bits per heavy atom. The number of nitrogens with two attached hydrogens (primary N) is 1. The van der Waals surface area contributed by atoms with Crippen LogP contribution in [0.1, 0.15) is 39.2 Å². The zero-order chi connectivity index (χ0) is 15.9. The molecule has 0 saturated carbocycles. The van der Waals surface area contributed by atoms with Crippen LogP contribution in [0, 0.1) is 0 Å². The molecule has 0 radical (unpaired) electrons. The summed E-state index contributed by atoms with van der Waals surface area (Å²) < 4.78 is 10.6. The lowest BCUT2D eigenvalue weighted by Crippen LogP contribution is -2.55. The molecule has 1 aromatic carbocycles. The first-order chi connectivity index (χ1) is 9.98. The maximum atomic E-state index is 6.58. The molecule has 4 nitrogen and oxygen atoms in total. The fourth-order valence-electron chi connectivity index (χ4n) is 2.68. The van der Waals surface area contributed by atoms with Crippen molar-refractivity contribution in [1.29, 1.82) is 0 Å². The Labute approximate surface area is 129 Å².